The molecule has 0 unspecified atom stereocenters. The van der Waals surface area contributed by atoms with E-state index in [9.17, 15) is 21.6 Å². The van der Waals surface area contributed by atoms with Gasteiger partial charge in [0, 0.05) is 28.8 Å². The van der Waals surface area contributed by atoms with Gasteiger partial charge >= 0.3 is 0 Å². The van der Waals surface area contributed by atoms with Gasteiger partial charge in [0.25, 0.3) is 15.9 Å². The standard InChI is InChI=1S/C25H24Cl3N3O5S2/c1-16-8-10-31(11-9-16)38(35,36)22-6-7-24(28)23(15-22)25(32)29-19-2-4-21(5-3-19)37(33,34)30-20-13-17(26)12-18(27)14-20/h2-7,12-16,30H,8-11H2,1H3,(H,29,32). The fourth-order valence-corrected chi connectivity index (χ4v) is 7.22. The molecule has 1 aliphatic rings. The highest BCUT2D eigenvalue weighted by Gasteiger charge is 2.29. The number of amides is 1. The molecule has 3 aromatic carbocycles. The van der Waals surface area contributed by atoms with E-state index in [1.54, 1.807) is 0 Å². The Labute approximate surface area is 237 Å². The second kappa shape index (κ2) is 11.4. The van der Waals surface area contributed by atoms with E-state index in [1.165, 1.54) is 65.0 Å². The molecule has 38 heavy (non-hydrogen) atoms. The van der Waals surface area contributed by atoms with E-state index in [2.05, 4.69) is 17.0 Å². The Morgan fingerprint density at radius 1 is 0.816 bits per heavy atom. The number of hydrogen-bond donors (Lipinski definition) is 2. The largest absolute Gasteiger partial charge is 0.322 e. The minimum Gasteiger partial charge on any atom is -0.322 e. The normalized spacial score (nSPS) is 15.3. The minimum atomic E-state index is -3.96. The summed E-state index contributed by atoms with van der Waals surface area (Å²) in [5.74, 6) is -0.179. The number of anilines is 2. The minimum absolute atomic E-state index is 0.0183. The molecule has 1 aliphatic heterocycles. The summed E-state index contributed by atoms with van der Waals surface area (Å²) < 4.78 is 55.5. The van der Waals surface area contributed by atoms with E-state index in [1.807, 2.05) is 0 Å². The Bertz CT molecular complexity index is 1550. The van der Waals surface area contributed by atoms with Crippen LogP contribution in [-0.4, -0.2) is 40.1 Å². The van der Waals surface area contributed by atoms with Crippen LogP contribution in [0.2, 0.25) is 15.1 Å². The number of rotatable bonds is 7. The molecular weight excluding hydrogens is 593 g/mol. The predicted molar refractivity (Wildman–Crippen MR) is 150 cm³/mol. The van der Waals surface area contributed by atoms with Crippen LogP contribution >= 0.6 is 34.8 Å². The number of benzene rings is 3. The SMILES string of the molecule is CC1CCN(S(=O)(=O)c2ccc(Cl)c(C(=O)Nc3ccc(S(=O)(=O)Nc4cc(Cl)cc(Cl)c4)cc3)c2)CC1. The molecule has 1 amide bonds. The monoisotopic (exact) mass is 615 g/mol. The molecule has 0 aromatic heterocycles. The fraction of sp³-hybridized carbons (Fsp3) is 0.240. The summed E-state index contributed by atoms with van der Waals surface area (Å²) in [6, 6.07) is 13.8. The van der Waals surface area contributed by atoms with Crippen molar-refractivity contribution in [2.75, 3.05) is 23.1 Å². The van der Waals surface area contributed by atoms with E-state index >= 15 is 0 Å². The van der Waals surface area contributed by atoms with Gasteiger partial charge in [0.05, 0.1) is 26.1 Å². The summed E-state index contributed by atoms with van der Waals surface area (Å²) in [5, 5.41) is 3.25. The molecule has 13 heteroatoms. The number of carbonyl (C=O) groups is 1. The van der Waals surface area contributed by atoms with Crippen molar-refractivity contribution in [2.24, 2.45) is 5.92 Å². The summed E-state index contributed by atoms with van der Waals surface area (Å²) in [6.07, 6.45) is 1.54. The van der Waals surface area contributed by atoms with Gasteiger partial charge in [0.15, 0.2) is 0 Å². The van der Waals surface area contributed by atoms with Gasteiger partial charge in [-0.2, -0.15) is 4.31 Å². The van der Waals surface area contributed by atoms with E-state index in [-0.39, 0.29) is 41.8 Å². The number of piperidine rings is 1. The maximum absolute atomic E-state index is 13.1. The fourth-order valence-electron chi connectivity index (χ4n) is 3.96. The molecule has 0 aliphatic carbocycles. The molecule has 0 saturated carbocycles. The number of halogens is 3. The molecule has 4 rings (SSSR count). The van der Waals surface area contributed by atoms with E-state index in [4.69, 9.17) is 34.8 Å². The van der Waals surface area contributed by atoms with Crippen LogP contribution in [0, 0.1) is 5.92 Å². The van der Waals surface area contributed by atoms with Gasteiger partial charge in [-0.25, -0.2) is 16.8 Å². The van der Waals surface area contributed by atoms with Crippen molar-refractivity contribution in [3.63, 3.8) is 0 Å². The van der Waals surface area contributed by atoms with Crippen LogP contribution in [0.15, 0.2) is 70.5 Å². The van der Waals surface area contributed by atoms with Gasteiger partial charge in [0.2, 0.25) is 10.0 Å². The summed E-state index contributed by atoms with van der Waals surface area (Å²) in [5.41, 5.74) is 0.465. The maximum Gasteiger partial charge on any atom is 0.261 e. The van der Waals surface area contributed by atoms with Gasteiger partial charge in [-0.05, 0) is 79.4 Å². The van der Waals surface area contributed by atoms with E-state index in [0.717, 1.165) is 12.8 Å². The van der Waals surface area contributed by atoms with Crippen molar-refractivity contribution in [1.29, 1.82) is 0 Å². The molecule has 3 aromatic rings. The van der Waals surface area contributed by atoms with Crippen molar-refractivity contribution >= 4 is 72.1 Å². The van der Waals surface area contributed by atoms with E-state index in [0.29, 0.717) is 19.0 Å². The summed E-state index contributed by atoms with van der Waals surface area (Å²) in [4.78, 5) is 12.9. The first kappa shape index (κ1) is 28.7. The second-order valence-electron chi connectivity index (χ2n) is 8.97. The maximum atomic E-state index is 13.1. The molecule has 0 spiro atoms. The van der Waals surface area contributed by atoms with Crippen LogP contribution in [0.1, 0.15) is 30.1 Å². The van der Waals surface area contributed by atoms with Gasteiger partial charge in [-0.1, -0.05) is 41.7 Å². The Kier molecular flexibility index (Phi) is 8.61. The first-order chi connectivity index (χ1) is 17.8. The van der Waals surface area contributed by atoms with Gasteiger partial charge < -0.3 is 5.32 Å². The molecule has 2 N–H and O–H groups in total. The lowest BCUT2D eigenvalue weighted by atomic mass is 10.0. The van der Waals surface area contributed by atoms with Crippen LogP contribution in [0.25, 0.3) is 0 Å². The topological polar surface area (TPSA) is 113 Å². The third-order valence-corrected chi connectivity index (χ3v) is 10.2. The van der Waals surface area contributed by atoms with E-state index < -0.39 is 26.0 Å². The number of sulfonamides is 2. The smallest absolute Gasteiger partial charge is 0.261 e. The van der Waals surface area contributed by atoms with Crippen molar-refractivity contribution in [3.8, 4) is 0 Å². The molecule has 1 fully saturated rings. The van der Waals surface area contributed by atoms with Crippen molar-refractivity contribution < 1.29 is 21.6 Å². The average molecular weight is 617 g/mol. The third kappa shape index (κ3) is 6.62. The second-order valence-corrected chi connectivity index (χ2v) is 13.9. The highest BCUT2D eigenvalue weighted by atomic mass is 35.5. The highest BCUT2D eigenvalue weighted by molar-refractivity contribution is 7.92. The predicted octanol–water partition coefficient (Wildman–Crippen LogP) is 6.12. The van der Waals surface area contributed by atoms with Crippen LogP contribution in [0.5, 0.6) is 0 Å². The third-order valence-electron chi connectivity index (χ3n) is 6.10. The lowest BCUT2D eigenvalue weighted by Crippen LogP contribution is -2.37. The van der Waals surface area contributed by atoms with Crippen LogP contribution < -0.4 is 10.0 Å². The zero-order chi connectivity index (χ0) is 27.7. The first-order valence-corrected chi connectivity index (χ1v) is 15.6. The Hall–Kier alpha value is -2.34. The van der Waals surface area contributed by atoms with Gasteiger partial charge in [-0.15, -0.1) is 0 Å². The zero-order valence-electron chi connectivity index (χ0n) is 20.1. The van der Waals surface area contributed by atoms with Crippen LogP contribution in [0.3, 0.4) is 0 Å². The first-order valence-electron chi connectivity index (χ1n) is 11.6. The lowest BCUT2D eigenvalue weighted by molar-refractivity contribution is 0.102. The number of nitrogens with zero attached hydrogens (tertiary/aromatic N) is 1. The molecule has 0 atom stereocenters. The molecular formula is C25H24Cl3N3O5S2. The summed E-state index contributed by atoms with van der Waals surface area (Å²) in [6.45, 7) is 2.92. The quantitative estimate of drug-likeness (QED) is 0.332. The summed E-state index contributed by atoms with van der Waals surface area (Å²) in [7, 11) is -7.74. The van der Waals surface area contributed by atoms with Crippen molar-refractivity contribution in [1.82, 2.24) is 4.31 Å². The summed E-state index contributed by atoms with van der Waals surface area (Å²) >= 11 is 18.1. The van der Waals surface area contributed by atoms with Crippen LogP contribution in [0.4, 0.5) is 11.4 Å². The zero-order valence-corrected chi connectivity index (χ0v) is 24.0. The number of carbonyl (C=O) groups excluding carboxylic acids is 1. The van der Waals surface area contributed by atoms with Gasteiger partial charge in [-0.3, -0.25) is 9.52 Å². The Morgan fingerprint density at radius 3 is 2.00 bits per heavy atom. The molecule has 202 valence electrons. The molecule has 0 bridgehead atoms. The number of nitrogens with one attached hydrogen (secondary N) is 2. The van der Waals surface area contributed by atoms with Crippen molar-refractivity contribution in [2.45, 2.75) is 29.6 Å². The Balaban J connectivity index is 1.49. The Morgan fingerprint density at radius 2 is 1.39 bits per heavy atom. The molecule has 1 saturated heterocycles. The molecule has 0 radical (unpaired) electrons. The number of hydrogen-bond acceptors (Lipinski definition) is 5. The van der Waals surface area contributed by atoms with Crippen LogP contribution in [-0.2, 0) is 20.0 Å². The average Bonchev–Trinajstić information content (AvgIpc) is 2.84. The van der Waals surface area contributed by atoms with Crippen molar-refractivity contribution in [3.05, 3.63) is 81.3 Å². The van der Waals surface area contributed by atoms with Gasteiger partial charge in [0.1, 0.15) is 0 Å². The lowest BCUT2D eigenvalue weighted by Gasteiger charge is -2.29. The highest BCUT2D eigenvalue weighted by Crippen LogP contribution is 2.28. The molecule has 8 nitrogen and oxygen atoms in total. The molecule has 1 heterocycles.